The van der Waals surface area contributed by atoms with Gasteiger partial charge in [0.05, 0.1) is 0 Å². The molecule has 0 amide bonds. The van der Waals surface area contributed by atoms with E-state index in [1.54, 1.807) is 14.2 Å². The molecule has 0 saturated carbocycles. The van der Waals surface area contributed by atoms with Crippen molar-refractivity contribution >= 4 is 0 Å². The summed E-state index contributed by atoms with van der Waals surface area (Å²) in [5.74, 6) is 0.518. The first-order valence-corrected chi connectivity index (χ1v) is 4.96. The van der Waals surface area contributed by atoms with E-state index in [0.717, 1.165) is 6.42 Å². The van der Waals surface area contributed by atoms with Crippen molar-refractivity contribution in [1.82, 2.24) is 0 Å². The molecule has 0 spiro atoms. The molecule has 0 aromatic heterocycles. The van der Waals surface area contributed by atoms with Gasteiger partial charge >= 0.3 is 0 Å². The topological polar surface area (TPSA) is 18.5 Å². The van der Waals surface area contributed by atoms with Crippen molar-refractivity contribution in [2.45, 2.75) is 38.9 Å². The van der Waals surface area contributed by atoms with Gasteiger partial charge in [0.2, 0.25) is 0 Å². The molecule has 1 atom stereocenters. The van der Waals surface area contributed by atoms with Crippen LogP contribution >= 0.6 is 0 Å². The first kappa shape index (κ1) is 12.7. The first-order chi connectivity index (χ1) is 6.28. The molecule has 0 heterocycles. The quantitative estimate of drug-likeness (QED) is 0.428. The van der Waals surface area contributed by atoms with Crippen LogP contribution in [0.1, 0.15) is 32.6 Å². The molecule has 0 bridgehead atoms. The Balaban J connectivity index is 3.73. The molecule has 0 rings (SSSR count). The number of ether oxygens (including phenoxy) is 2. The van der Waals surface area contributed by atoms with Crippen LogP contribution in [0.5, 0.6) is 0 Å². The van der Waals surface area contributed by atoms with Gasteiger partial charge in [0.15, 0.2) is 6.29 Å². The molecule has 0 aliphatic heterocycles. The summed E-state index contributed by atoms with van der Waals surface area (Å²) in [6, 6.07) is 0. The zero-order valence-corrected chi connectivity index (χ0v) is 9.08. The fourth-order valence-electron chi connectivity index (χ4n) is 1.33. The van der Waals surface area contributed by atoms with E-state index in [0.29, 0.717) is 5.92 Å². The van der Waals surface area contributed by atoms with E-state index in [-0.39, 0.29) is 6.29 Å². The van der Waals surface area contributed by atoms with Crippen molar-refractivity contribution in [3.05, 3.63) is 12.7 Å². The van der Waals surface area contributed by atoms with Crippen LogP contribution in [0.2, 0.25) is 0 Å². The molecular weight excluding hydrogens is 164 g/mol. The van der Waals surface area contributed by atoms with Gasteiger partial charge in [-0.3, -0.25) is 0 Å². The number of methoxy groups -OCH3 is 2. The molecule has 2 nitrogen and oxygen atoms in total. The molecule has 0 aromatic carbocycles. The smallest absolute Gasteiger partial charge is 0.157 e. The number of rotatable bonds is 8. The van der Waals surface area contributed by atoms with Gasteiger partial charge in [0.1, 0.15) is 0 Å². The molecule has 0 unspecified atom stereocenters. The van der Waals surface area contributed by atoms with Crippen molar-refractivity contribution in [2.75, 3.05) is 14.2 Å². The average Bonchev–Trinajstić information content (AvgIpc) is 2.19. The fourth-order valence-corrected chi connectivity index (χ4v) is 1.33. The predicted octanol–water partition coefficient (Wildman–Crippen LogP) is 2.99. The summed E-state index contributed by atoms with van der Waals surface area (Å²) in [7, 11) is 3.35. The number of allylic oxidation sites excluding steroid dienone is 1. The highest BCUT2D eigenvalue weighted by Gasteiger charge is 2.11. The summed E-state index contributed by atoms with van der Waals surface area (Å²) in [4.78, 5) is 0. The second kappa shape index (κ2) is 8.27. The third-order valence-corrected chi connectivity index (χ3v) is 2.28. The molecular formula is C11H22O2. The first-order valence-electron chi connectivity index (χ1n) is 4.96. The molecule has 13 heavy (non-hydrogen) atoms. The maximum Gasteiger partial charge on any atom is 0.157 e. The summed E-state index contributed by atoms with van der Waals surface area (Å²) in [5, 5.41) is 0. The Kier molecular flexibility index (Phi) is 8.05. The van der Waals surface area contributed by atoms with Crippen LogP contribution in [0.4, 0.5) is 0 Å². The van der Waals surface area contributed by atoms with Gasteiger partial charge in [-0.25, -0.2) is 0 Å². The Hall–Kier alpha value is -0.340. The summed E-state index contributed by atoms with van der Waals surface area (Å²) in [6.45, 7) is 6.02. The van der Waals surface area contributed by atoms with Gasteiger partial charge in [0.25, 0.3) is 0 Å². The lowest BCUT2D eigenvalue weighted by Gasteiger charge is -2.18. The zero-order valence-electron chi connectivity index (χ0n) is 9.08. The number of unbranched alkanes of at least 4 members (excludes halogenated alkanes) is 1. The van der Waals surface area contributed by atoms with E-state index in [2.05, 4.69) is 13.5 Å². The standard InChI is InChI=1S/C11H22O2/c1-5-7-8-10(6-2)9-11(12-3)13-4/h6,10-11H,2,5,7-9H2,1,3-4H3/t10-/m1/s1. The van der Waals surface area contributed by atoms with Crippen LogP contribution in [-0.2, 0) is 9.47 Å². The molecule has 0 radical (unpaired) electrons. The monoisotopic (exact) mass is 186 g/mol. The van der Waals surface area contributed by atoms with Crippen LogP contribution in [0.25, 0.3) is 0 Å². The van der Waals surface area contributed by atoms with Gasteiger partial charge in [0, 0.05) is 20.6 Å². The highest BCUT2D eigenvalue weighted by atomic mass is 16.7. The Morgan fingerprint density at radius 2 is 1.92 bits per heavy atom. The fraction of sp³-hybridized carbons (Fsp3) is 0.818. The Labute approximate surface area is 81.9 Å². The van der Waals surface area contributed by atoms with Gasteiger partial charge in [-0.2, -0.15) is 0 Å². The van der Waals surface area contributed by atoms with E-state index >= 15 is 0 Å². The van der Waals surface area contributed by atoms with Crippen LogP contribution in [0.15, 0.2) is 12.7 Å². The molecule has 78 valence electrons. The SMILES string of the molecule is C=C[C@H](CCCC)CC(OC)OC. The Morgan fingerprint density at radius 1 is 1.31 bits per heavy atom. The average molecular weight is 186 g/mol. The van der Waals surface area contributed by atoms with Gasteiger partial charge in [-0.1, -0.05) is 25.8 Å². The molecule has 2 heteroatoms. The summed E-state index contributed by atoms with van der Waals surface area (Å²) in [6.07, 6.45) is 6.49. The van der Waals surface area contributed by atoms with Crippen molar-refractivity contribution < 1.29 is 9.47 Å². The minimum Gasteiger partial charge on any atom is -0.356 e. The van der Waals surface area contributed by atoms with Crippen molar-refractivity contribution in [1.29, 1.82) is 0 Å². The number of hydrogen-bond donors (Lipinski definition) is 0. The second-order valence-electron chi connectivity index (χ2n) is 3.27. The van der Waals surface area contributed by atoms with E-state index in [1.807, 2.05) is 6.08 Å². The largest absolute Gasteiger partial charge is 0.356 e. The van der Waals surface area contributed by atoms with Crippen molar-refractivity contribution in [3.63, 3.8) is 0 Å². The van der Waals surface area contributed by atoms with Crippen LogP contribution in [-0.4, -0.2) is 20.5 Å². The molecule has 0 saturated heterocycles. The van der Waals surface area contributed by atoms with Crippen molar-refractivity contribution in [2.24, 2.45) is 5.92 Å². The van der Waals surface area contributed by atoms with Gasteiger partial charge < -0.3 is 9.47 Å². The van der Waals surface area contributed by atoms with Crippen LogP contribution in [0.3, 0.4) is 0 Å². The third kappa shape index (κ3) is 5.83. The van der Waals surface area contributed by atoms with E-state index in [9.17, 15) is 0 Å². The lowest BCUT2D eigenvalue weighted by molar-refractivity contribution is -0.111. The lowest BCUT2D eigenvalue weighted by atomic mass is 9.98. The summed E-state index contributed by atoms with van der Waals surface area (Å²) >= 11 is 0. The Bertz CT molecular complexity index is 119. The third-order valence-electron chi connectivity index (χ3n) is 2.28. The lowest BCUT2D eigenvalue weighted by Crippen LogP contribution is -2.17. The summed E-state index contributed by atoms with van der Waals surface area (Å²) in [5.41, 5.74) is 0. The maximum absolute atomic E-state index is 5.14. The highest BCUT2D eigenvalue weighted by molar-refractivity contribution is 4.79. The molecule has 0 aliphatic carbocycles. The van der Waals surface area contributed by atoms with Gasteiger partial charge in [-0.15, -0.1) is 6.58 Å². The normalized spacial score (nSPS) is 13.2. The van der Waals surface area contributed by atoms with Crippen LogP contribution < -0.4 is 0 Å². The Morgan fingerprint density at radius 3 is 2.31 bits per heavy atom. The molecule has 0 aromatic rings. The van der Waals surface area contributed by atoms with Crippen LogP contribution in [0, 0.1) is 5.92 Å². The maximum atomic E-state index is 5.14. The molecule has 0 N–H and O–H groups in total. The molecule has 0 fully saturated rings. The number of hydrogen-bond acceptors (Lipinski definition) is 2. The minimum atomic E-state index is -0.0835. The van der Waals surface area contributed by atoms with E-state index < -0.39 is 0 Å². The van der Waals surface area contributed by atoms with E-state index in [4.69, 9.17) is 9.47 Å². The highest BCUT2D eigenvalue weighted by Crippen LogP contribution is 2.17. The molecule has 0 aliphatic rings. The van der Waals surface area contributed by atoms with Gasteiger partial charge in [-0.05, 0) is 12.3 Å². The van der Waals surface area contributed by atoms with Crippen molar-refractivity contribution in [3.8, 4) is 0 Å². The minimum absolute atomic E-state index is 0.0835. The second-order valence-corrected chi connectivity index (χ2v) is 3.27. The van der Waals surface area contributed by atoms with E-state index in [1.165, 1.54) is 19.3 Å². The summed E-state index contributed by atoms with van der Waals surface area (Å²) < 4.78 is 10.3. The predicted molar refractivity (Wildman–Crippen MR) is 55.6 cm³/mol. The zero-order chi connectivity index (χ0) is 10.1.